The zero-order chi connectivity index (χ0) is 9.00. The normalized spacial score (nSPS) is 51.3. The van der Waals surface area contributed by atoms with Crippen LogP contribution in [0.3, 0.4) is 0 Å². The number of fused-ring (bicyclic) bond motifs is 1. The molecule has 5 unspecified atom stereocenters. The van der Waals surface area contributed by atoms with E-state index in [2.05, 4.69) is 0 Å². The fourth-order valence-corrected chi connectivity index (χ4v) is 3.36. The maximum atomic E-state index is 10.8. The van der Waals surface area contributed by atoms with Crippen LogP contribution in [0.25, 0.3) is 0 Å². The molecule has 0 radical (unpaired) electrons. The molecule has 72 valence electrons. The van der Waals surface area contributed by atoms with Crippen molar-refractivity contribution >= 4 is 5.97 Å². The van der Waals surface area contributed by atoms with Crippen LogP contribution in [0.15, 0.2) is 0 Å². The van der Waals surface area contributed by atoms with E-state index in [1.165, 1.54) is 26.2 Å². The Morgan fingerprint density at radius 2 is 2.08 bits per heavy atom. The van der Waals surface area contributed by atoms with Gasteiger partial charge in [0.2, 0.25) is 6.29 Å². The number of ether oxygens (including phenoxy) is 2. The highest BCUT2D eigenvalue weighted by Crippen LogP contribution is 2.56. The molecular weight excluding hydrogens is 168 g/mol. The zero-order valence-corrected chi connectivity index (χ0v) is 7.73. The predicted octanol–water partition coefficient (Wildman–Crippen LogP) is 1.32. The van der Waals surface area contributed by atoms with Crippen molar-refractivity contribution in [3.8, 4) is 0 Å². The molecule has 0 spiro atoms. The van der Waals surface area contributed by atoms with Crippen molar-refractivity contribution in [1.29, 1.82) is 0 Å². The smallest absolute Gasteiger partial charge is 0.304 e. The molecule has 3 heteroatoms. The summed E-state index contributed by atoms with van der Waals surface area (Å²) in [5.74, 6) is 1.83. The second-order valence-corrected chi connectivity index (χ2v) is 4.55. The number of esters is 1. The standard InChI is InChI=1S/C10H14O3/c1-5(11)12-10-8-3-6-2-7(8)9(4-6)13-10/h6-10H,2-4H2,1H3. The molecule has 3 fully saturated rings. The highest BCUT2D eigenvalue weighted by atomic mass is 16.7. The molecule has 0 aromatic heterocycles. The average molecular weight is 182 g/mol. The molecule has 1 saturated heterocycles. The molecule has 0 amide bonds. The van der Waals surface area contributed by atoms with Crippen LogP contribution in [-0.2, 0) is 14.3 Å². The highest BCUT2D eigenvalue weighted by Gasteiger charge is 2.56. The molecule has 1 heterocycles. The van der Waals surface area contributed by atoms with Gasteiger partial charge in [-0.2, -0.15) is 0 Å². The van der Waals surface area contributed by atoms with Crippen LogP contribution in [0, 0.1) is 17.8 Å². The second-order valence-electron chi connectivity index (χ2n) is 4.55. The van der Waals surface area contributed by atoms with E-state index in [1.54, 1.807) is 0 Å². The van der Waals surface area contributed by atoms with Gasteiger partial charge in [0.15, 0.2) is 0 Å². The monoisotopic (exact) mass is 182 g/mol. The maximum absolute atomic E-state index is 10.8. The van der Waals surface area contributed by atoms with Gasteiger partial charge in [0.25, 0.3) is 0 Å². The summed E-state index contributed by atoms with van der Waals surface area (Å²) in [6.45, 7) is 1.45. The van der Waals surface area contributed by atoms with Crippen LogP contribution < -0.4 is 0 Å². The Balaban J connectivity index is 1.77. The Morgan fingerprint density at radius 3 is 2.69 bits per heavy atom. The summed E-state index contributed by atoms with van der Waals surface area (Å²) in [4.78, 5) is 10.8. The van der Waals surface area contributed by atoms with Crippen molar-refractivity contribution in [3.05, 3.63) is 0 Å². The quantitative estimate of drug-likeness (QED) is 0.574. The summed E-state index contributed by atoms with van der Waals surface area (Å²) in [7, 11) is 0. The minimum absolute atomic E-state index is 0.213. The molecule has 3 aliphatic rings. The summed E-state index contributed by atoms with van der Waals surface area (Å²) in [5.41, 5.74) is 0. The molecular formula is C10H14O3. The minimum Gasteiger partial charge on any atom is -0.436 e. The van der Waals surface area contributed by atoms with Crippen LogP contribution in [-0.4, -0.2) is 18.4 Å². The van der Waals surface area contributed by atoms with Crippen LogP contribution in [0.2, 0.25) is 0 Å². The topological polar surface area (TPSA) is 35.5 Å². The third-order valence-corrected chi connectivity index (χ3v) is 3.74. The summed E-state index contributed by atoms with van der Waals surface area (Å²) in [6, 6.07) is 0. The van der Waals surface area contributed by atoms with Gasteiger partial charge in [-0.05, 0) is 31.1 Å². The third kappa shape index (κ3) is 1.03. The first kappa shape index (κ1) is 7.80. The van der Waals surface area contributed by atoms with Crippen molar-refractivity contribution in [3.63, 3.8) is 0 Å². The number of carbonyl (C=O) groups is 1. The molecule has 1 aliphatic heterocycles. The predicted molar refractivity (Wildman–Crippen MR) is 44.7 cm³/mol. The molecule has 3 rings (SSSR count). The number of rotatable bonds is 1. The van der Waals surface area contributed by atoms with Crippen LogP contribution in [0.1, 0.15) is 26.2 Å². The maximum Gasteiger partial charge on any atom is 0.304 e. The molecule has 5 atom stereocenters. The lowest BCUT2D eigenvalue weighted by Gasteiger charge is -2.16. The molecule has 3 nitrogen and oxygen atoms in total. The van der Waals surface area contributed by atoms with Gasteiger partial charge < -0.3 is 9.47 Å². The van der Waals surface area contributed by atoms with Gasteiger partial charge >= 0.3 is 5.97 Å². The van der Waals surface area contributed by atoms with E-state index in [1.807, 2.05) is 0 Å². The van der Waals surface area contributed by atoms with Gasteiger partial charge in [-0.25, -0.2) is 0 Å². The van der Waals surface area contributed by atoms with E-state index in [-0.39, 0.29) is 12.3 Å². The van der Waals surface area contributed by atoms with Gasteiger partial charge in [-0.15, -0.1) is 0 Å². The van der Waals surface area contributed by atoms with Gasteiger partial charge in [-0.1, -0.05) is 0 Å². The van der Waals surface area contributed by atoms with Gasteiger partial charge in [-0.3, -0.25) is 4.79 Å². The largest absolute Gasteiger partial charge is 0.436 e. The summed E-state index contributed by atoms with van der Waals surface area (Å²) in [5, 5.41) is 0. The Bertz CT molecular complexity index is 249. The van der Waals surface area contributed by atoms with Crippen molar-refractivity contribution in [1.82, 2.24) is 0 Å². The van der Waals surface area contributed by atoms with Crippen molar-refractivity contribution in [2.75, 3.05) is 0 Å². The Hall–Kier alpha value is -0.570. The molecule has 0 aromatic carbocycles. The van der Waals surface area contributed by atoms with Crippen molar-refractivity contribution in [2.24, 2.45) is 17.8 Å². The fourth-order valence-electron chi connectivity index (χ4n) is 3.36. The fraction of sp³-hybridized carbons (Fsp3) is 0.900. The zero-order valence-electron chi connectivity index (χ0n) is 7.73. The first-order valence-electron chi connectivity index (χ1n) is 5.06. The van der Waals surface area contributed by atoms with E-state index in [0.717, 1.165) is 5.92 Å². The molecule has 13 heavy (non-hydrogen) atoms. The van der Waals surface area contributed by atoms with Crippen LogP contribution >= 0.6 is 0 Å². The second kappa shape index (κ2) is 2.47. The Labute approximate surface area is 77.4 Å². The van der Waals surface area contributed by atoms with Gasteiger partial charge in [0, 0.05) is 12.8 Å². The van der Waals surface area contributed by atoms with E-state index in [9.17, 15) is 4.79 Å². The lowest BCUT2D eigenvalue weighted by atomic mass is 9.89. The average Bonchev–Trinajstić information content (AvgIpc) is 2.61. The number of carbonyl (C=O) groups excluding carboxylic acids is 1. The van der Waals surface area contributed by atoms with E-state index in [4.69, 9.17) is 9.47 Å². The first-order valence-corrected chi connectivity index (χ1v) is 5.06. The third-order valence-electron chi connectivity index (χ3n) is 3.74. The molecule has 2 aliphatic carbocycles. The summed E-state index contributed by atoms with van der Waals surface area (Å²) < 4.78 is 10.9. The first-order chi connectivity index (χ1) is 6.24. The molecule has 2 saturated carbocycles. The Kier molecular flexibility index (Phi) is 1.48. The van der Waals surface area contributed by atoms with Crippen molar-refractivity contribution < 1.29 is 14.3 Å². The summed E-state index contributed by atoms with van der Waals surface area (Å²) >= 11 is 0. The van der Waals surface area contributed by atoms with E-state index < -0.39 is 0 Å². The van der Waals surface area contributed by atoms with Crippen LogP contribution in [0.4, 0.5) is 0 Å². The lowest BCUT2D eigenvalue weighted by molar-refractivity contribution is -0.177. The van der Waals surface area contributed by atoms with Gasteiger partial charge in [0.05, 0.1) is 6.10 Å². The van der Waals surface area contributed by atoms with E-state index in [0.29, 0.717) is 17.9 Å². The SMILES string of the molecule is CC(=O)OC1OC2CC3CC2C1C3. The number of hydrogen-bond donors (Lipinski definition) is 0. The van der Waals surface area contributed by atoms with E-state index >= 15 is 0 Å². The molecule has 2 bridgehead atoms. The minimum atomic E-state index is -0.222. The summed E-state index contributed by atoms with van der Waals surface area (Å²) in [6.07, 6.45) is 3.87. The van der Waals surface area contributed by atoms with Crippen LogP contribution in [0.5, 0.6) is 0 Å². The lowest BCUT2D eigenvalue weighted by Crippen LogP contribution is -2.22. The molecule has 0 N–H and O–H groups in total. The number of hydrogen-bond acceptors (Lipinski definition) is 3. The Morgan fingerprint density at radius 1 is 1.31 bits per heavy atom. The van der Waals surface area contributed by atoms with Crippen molar-refractivity contribution in [2.45, 2.75) is 38.6 Å². The highest BCUT2D eigenvalue weighted by molar-refractivity contribution is 5.66. The van der Waals surface area contributed by atoms with Gasteiger partial charge in [0.1, 0.15) is 0 Å². The molecule has 0 aromatic rings.